The van der Waals surface area contributed by atoms with Crippen molar-refractivity contribution in [2.45, 2.75) is 5.16 Å². The van der Waals surface area contributed by atoms with Gasteiger partial charge in [0.2, 0.25) is 0 Å². The van der Waals surface area contributed by atoms with Crippen molar-refractivity contribution in [2.24, 2.45) is 0 Å². The Balaban J connectivity index is 0.000000163. The highest BCUT2D eigenvalue weighted by Crippen LogP contribution is 2.44. The summed E-state index contributed by atoms with van der Waals surface area (Å²) in [5.41, 5.74) is 9.34. The minimum Gasteiger partial charge on any atom is -0.195 e. The molecule has 0 saturated carbocycles. The smallest absolute Gasteiger partial charge is 0.147 e. The van der Waals surface area contributed by atoms with E-state index in [1.165, 1.54) is 38.5 Å². The van der Waals surface area contributed by atoms with Gasteiger partial charge in [0, 0.05) is 16.7 Å². The molecule has 7 aromatic carbocycles. The topological polar surface area (TPSA) is 0 Å². The van der Waals surface area contributed by atoms with E-state index in [0.717, 1.165) is 0 Å². The zero-order chi connectivity index (χ0) is 30.8. The molecule has 0 amide bonds. The van der Waals surface area contributed by atoms with Crippen molar-refractivity contribution in [1.82, 2.24) is 0 Å². The molecule has 0 aliphatic carbocycles. The molecule has 0 saturated heterocycles. The summed E-state index contributed by atoms with van der Waals surface area (Å²) in [4.78, 5) is 0. The van der Waals surface area contributed by atoms with E-state index in [1.807, 2.05) is 9.24 Å². The fourth-order valence-electron chi connectivity index (χ4n) is 6.79. The second kappa shape index (κ2) is 14.2. The van der Waals surface area contributed by atoms with Crippen LogP contribution in [0.2, 0.25) is 0 Å². The predicted molar refractivity (Wildman–Crippen MR) is 200 cm³/mol. The Morgan fingerprint density at radius 3 is 0.644 bits per heavy atom. The fourth-order valence-corrected chi connectivity index (χ4v) is 7.50. The maximum absolute atomic E-state index is 2.26. The van der Waals surface area contributed by atoms with Crippen LogP contribution in [0.4, 0.5) is 0 Å². The number of rotatable bonds is 7. The van der Waals surface area contributed by atoms with Gasteiger partial charge in [0.15, 0.2) is 0 Å². The minimum absolute atomic E-state index is 0.0935. The Morgan fingerprint density at radius 2 is 0.444 bits per heavy atom. The van der Waals surface area contributed by atoms with Gasteiger partial charge in [-0.05, 0) is 9.24 Å². The summed E-state index contributed by atoms with van der Waals surface area (Å²) in [6.07, 6.45) is -1.22. The lowest BCUT2D eigenvalue weighted by Gasteiger charge is -2.44. The molecule has 0 spiro atoms. The molecule has 1 atom stereocenters. The largest absolute Gasteiger partial charge is 0.195 e. The van der Waals surface area contributed by atoms with Gasteiger partial charge >= 0.3 is 0 Å². The van der Waals surface area contributed by atoms with Crippen LogP contribution in [0.3, 0.4) is 0 Å². The molecule has 1 unspecified atom stereocenters. The standard InChI is InChI=1S/C24H20B.C19H17P/c1-5-13-21(14-6-1)25(22-15-7-2-8-16-22,23-17-9-3-10-18-23)24-19-11-4-12-20-24;20-19(16-10-4-1-5-11-16,17-12-6-2-7-13-17)18-14-8-3-9-15-18/h1-20H;1-15H,20H2/q-1;/p+1. The third-order valence-corrected chi connectivity index (χ3v) is 10.2. The molecule has 0 fully saturated rings. The Labute approximate surface area is 270 Å². The van der Waals surface area contributed by atoms with Crippen molar-refractivity contribution in [3.8, 4) is 0 Å². The van der Waals surface area contributed by atoms with Gasteiger partial charge in [-0.25, -0.2) is 0 Å². The zero-order valence-corrected chi connectivity index (χ0v) is 26.9. The molecule has 0 aliphatic rings. The van der Waals surface area contributed by atoms with Crippen LogP contribution in [0.1, 0.15) is 16.7 Å². The van der Waals surface area contributed by atoms with E-state index >= 15 is 0 Å². The van der Waals surface area contributed by atoms with Gasteiger partial charge in [0.25, 0.3) is 0 Å². The number of benzene rings is 7. The van der Waals surface area contributed by atoms with Gasteiger partial charge in [-0.2, -0.15) is 21.9 Å². The van der Waals surface area contributed by atoms with E-state index in [1.54, 1.807) is 0 Å². The summed E-state index contributed by atoms with van der Waals surface area (Å²) in [5.74, 6) is 0. The van der Waals surface area contributed by atoms with Crippen LogP contribution in [0.25, 0.3) is 0 Å². The molecule has 0 aromatic heterocycles. The molecular weight excluding hydrogens is 558 g/mol. The highest BCUT2D eigenvalue weighted by Gasteiger charge is 2.36. The minimum atomic E-state index is -1.22. The van der Waals surface area contributed by atoms with Gasteiger partial charge in [-0.3, -0.25) is 0 Å². The lowest BCUT2D eigenvalue weighted by molar-refractivity contribution is 0.897. The van der Waals surface area contributed by atoms with E-state index in [4.69, 9.17) is 0 Å². The van der Waals surface area contributed by atoms with E-state index in [-0.39, 0.29) is 5.16 Å². The van der Waals surface area contributed by atoms with Crippen molar-refractivity contribution >= 4 is 37.2 Å². The summed E-state index contributed by atoms with van der Waals surface area (Å²) in [7, 11) is 2.05. The highest BCUT2D eigenvalue weighted by atomic mass is 31.0. The van der Waals surface area contributed by atoms with E-state index < -0.39 is 6.15 Å². The van der Waals surface area contributed by atoms with Crippen molar-refractivity contribution in [2.75, 3.05) is 0 Å². The van der Waals surface area contributed by atoms with E-state index in [2.05, 4.69) is 212 Å². The van der Waals surface area contributed by atoms with Crippen LogP contribution >= 0.6 is 9.24 Å². The molecular formula is C43H38BP. The van der Waals surface area contributed by atoms with Crippen LogP contribution in [-0.4, -0.2) is 6.15 Å². The molecule has 0 nitrogen and oxygen atoms in total. The zero-order valence-electron chi connectivity index (χ0n) is 25.5. The average molecular weight is 597 g/mol. The maximum Gasteiger partial charge on any atom is 0.147 e. The number of hydrogen-bond donors (Lipinski definition) is 0. The average Bonchev–Trinajstić information content (AvgIpc) is 3.15. The van der Waals surface area contributed by atoms with Gasteiger partial charge in [0.1, 0.15) is 11.3 Å². The van der Waals surface area contributed by atoms with E-state index in [9.17, 15) is 0 Å². The summed E-state index contributed by atoms with van der Waals surface area (Å²) in [6.45, 7) is 0. The number of hydrogen-bond acceptors (Lipinski definition) is 0. The molecule has 218 valence electrons. The van der Waals surface area contributed by atoms with Crippen molar-refractivity contribution in [3.63, 3.8) is 0 Å². The van der Waals surface area contributed by atoms with Crippen molar-refractivity contribution in [3.05, 3.63) is 229 Å². The second-order valence-corrected chi connectivity index (χ2v) is 12.6. The molecule has 0 aliphatic heterocycles. The Bertz CT molecular complexity index is 1600. The third-order valence-electron chi connectivity index (χ3n) is 9.00. The molecule has 45 heavy (non-hydrogen) atoms. The highest BCUT2D eigenvalue weighted by molar-refractivity contribution is 7.20. The summed E-state index contributed by atoms with van der Waals surface area (Å²) in [5, 5.41) is -0.0935. The Morgan fingerprint density at radius 1 is 0.267 bits per heavy atom. The predicted octanol–water partition coefficient (Wildman–Crippen LogP) is 7.65. The quantitative estimate of drug-likeness (QED) is 0.101. The van der Waals surface area contributed by atoms with Gasteiger partial charge < -0.3 is 0 Å². The first kappa shape index (κ1) is 30.1. The fraction of sp³-hybridized carbons (Fsp3) is 0.0233. The van der Waals surface area contributed by atoms with Crippen molar-refractivity contribution in [1.29, 1.82) is 0 Å². The van der Waals surface area contributed by atoms with Crippen LogP contribution in [0, 0.1) is 0 Å². The Hall–Kier alpha value is -4.97. The molecule has 2 heteroatoms. The molecule has 7 rings (SSSR count). The maximum atomic E-state index is 2.26. The lowest BCUT2D eigenvalue weighted by Crippen LogP contribution is -2.74. The molecule has 7 aromatic rings. The van der Waals surface area contributed by atoms with Gasteiger partial charge in [0.05, 0.1) is 0 Å². The summed E-state index contributed by atoms with van der Waals surface area (Å²) < 4.78 is 0. The first-order chi connectivity index (χ1) is 22.2. The van der Waals surface area contributed by atoms with E-state index in [0.29, 0.717) is 0 Å². The molecule has 0 bridgehead atoms. The van der Waals surface area contributed by atoms with Crippen molar-refractivity contribution < 1.29 is 0 Å². The Kier molecular flexibility index (Phi) is 9.50. The SMILES string of the molecule is [PH3+]C(c1ccccc1)(c1ccccc1)c1ccccc1.c1ccc([B-](c2ccccc2)(c2ccccc2)c2ccccc2)cc1. The third kappa shape index (κ3) is 6.19. The normalized spacial score (nSPS) is 11.3. The monoisotopic (exact) mass is 596 g/mol. The molecule has 0 radical (unpaired) electrons. The van der Waals surface area contributed by atoms with Crippen LogP contribution < -0.4 is 21.9 Å². The van der Waals surface area contributed by atoms with Crippen LogP contribution in [0.5, 0.6) is 0 Å². The van der Waals surface area contributed by atoms with Crippen LogP contribution in [-0.2, 0) is 5.16 Å². The molecule has 0 heterocycles. The first-order valence-corrected chi connectivity index (χ1v) is 16.3. The van der Waals surface area contributed by atoms with Crippen LogP contribution in [0.15, 0.2) is 212 Å². The summed E-state index contributed by atoms with van der Waals surface area (Å²) in [6, 6.07) is 75.7. The first-order valence-electron chi connectivity index (χ1n) is 15.6. The van der Waals surface area contributed by atoms with Gasteiger partial charge in [-0.1, -0.05) is 212 Å². The molecule has 0 N–H and O–H groups in total. The lowest BCUT2D eigenvalue weighted by atomic mass is 9.13. The second-order valence-electron chi connectivity index (χ2n) is 11.5. The van der Waals surface area contributed by atoms with Gasteiger partial charge in [-0.15, -0.1) is 0 Å². The summed E-state index contributed by atoms with van der Waals surface area (Å²) >= 11 is 0.